The van der Waals surface area contributed by atoms with Crippen LogP contribution in [0.4, 0.5) is 0 Å². The van der Waals surface area contributed by atoms with Gasteiger partial charge < -0.3 is 14.6 Å². The Labute approximate surface area is 118 Å². The van der Waals surface area contributed by atoms with Crippen molar-refractivity contribution >= 4 is 17.0 Å². The van der Waals surface area contributed by atoms with Crippen LogP contribution < -0.4 is 5.69 Å². The molecule has 0 atom stereocenters. The molecule has 0 aliphatic heterocycles. The maximum Gasteiger partial charge on any atom is 0.337 e. The van der Waals surface area contributed by atoms with Crippen molar-refractivity contribution in [1.82, 2.24) is 19.7 Å². The molecule has 8 heteroatoms. The molecule has 0 amide bonds. The summed E-state index contributed by atoms with van der Waals surface area (Å²) in [5.41, 5.74) is 0.567. The zero-order chi connectivity index (χ0) is 15.0. The van der Waals surface area contributed by atoms with Crippen molar-refractivity contribution in [2.24, 2.45) is 0 Å². The van der Waals surface area contributed by atoms with E-state index in [1.54, 1.807) is 19.1 Å². The fourth-order valence-corrected chi connectivity index (χ4v) is 2.24. The molecule has 8 nitrogen and oxygen atoms in total. The van der Waals surface area contributed by atoms with Crippen molar-refractivity contribution in [3.05, 3.63) is 46.0 Å². The Hall–Kier alpha value is -2.90. The molecule has 0 bridgehead atoms. The van der Waals surface area contributed by atoms with Gasteiger partial charge in [0, 0.05) is 19.9 Å². The number of hydrogen-bond donors (Lipinski definition) is 2. The van der Waals surface area contributed by atoms with Crippen molar-refractivity contribution in [3.8, 4) is 0 Å². The minimum Gasteiger partial charge on any atom is -0.478 e. The molecule has 0 radical (unpaired) electrons. The Morgan fingerprint density at radius 3 is 2.95 bits per heavy atom. The summed E-state index contributed by atoms with van der Waals surface area (Å²) in [5.74, 6) is -0.115. The second kappa shape index (κ2) is 4.89. The minimum absolute atomic E-state index is 0.0683. The summed E-state index contributed by atoms with van der Waals surface area (Å²) in [6.07, 6.45) is 0.418. The summed E-state index contributed by atoms with van der Waals surface area (Å²) >= 11 is 0. The van der Waals surface area contributed by atoms with Crippen LogP contribution >= 0.6 is 0 Å². The normalized spacial score (nSPS) is 11.1. The largest absolute Gasteiger partial charge is 0.478 e. The summed E-state index contributed by atoms with van der Waals surface area (Å²) < 4.78 is 6.33. The Balaban J connectivity index is 1.99. The lowest BCUT2D eigenvalue weighted by molar-refractivity contribution is 0.0699. The highest BCUT2D eigenvalue weighted by Gasteiger charge is 2.14. The first-order chi connectivity index (χ1) is 10.1. The van der Waals surface area contributed by atoms with E-state index in [-0.39, 0.29) is 11.3 Å². The van der Waals surface area contributed by atoms with E-state index in [1.165, 1.54) is 10.6 Å². The van der Waals surface area contributed by atoms with Gasteiger partial charge in [0.05, 0.1) is 16.6 Å². The van der Waals surface area contributed by atoms with Crippen LogP contribution in [0.1, 0.15) is 22.1 Å². The highest BCUT2D eigenvalue weighted by molar-refractivity contribution is 6.00. The number of para-hydroxylation sites is 1. The van der Waals surface area contributed by atoms with Gasteiger partial charge in [0.2, 0.25) is 5.89 Å². The number of aromatic nitrogens is 4. The maximum atomic E-state index is 12.0. The molecule has 3 rings (SSSR count). The molecule has 0 aliphatic rings. The third kappa shape index (κ3) is 2.31. The number of benzene rings is 1. The molecule has 0 aliphatic carbocycles. The number of nitrogens with one attached hydrogen (secondary N) is 1. The number of aryl methyl sites for hydroxylation is 3. The standard InChI is InChI=1S/C13H12N4O4/c1-7-14-10(16-21-7)5-6-17-9-4-2-3-8(12(18)19)11(9)15-13(17)20/h2-4H,5-6H2,1H3,(H,15,20)(H,18,19). The van der Waals surface area contributed by atoms with Crippen LogP contribution in [-0.2, 0) is 13.0 Å². The molecule has 2 heterocycles. The number of fused-ring (bicyclic) bond motifs is 1. The predicted octanol–water partition coefficient (Wildman–Crippen LogP) is 0.962. The molecule has 1 aromatic carbocycles. The lowest BCUT2D eigenvalue weighted by atomic mass is 10.2. The average Bonchev–Trinajstić information content (AvgIpc) is 2.98. The monoisotopic (exact) mass is 288 g/mol. The zero-order valence-electron chi connectivity index (χ0n) is 11.2. The second-order valence-corrected chi connectivity index (χ2v) is 4.57. The van der Waals surface area contributed by atoms with Crippen molar-refractivity contribution < 1.29 is 14.4 Å². The maximum absolute atomic E-state index is 12.0. The van der Waals surface area contributed by atoms with E-state index in [4.69, 9.17) is 9.63 Å². The van der Waals surface area contributed by atoms with Gasteiger partial charge in [-0.15, -0.1) is 0 Å². The van der Waals surface area contributed by atoms with Gasteiger partial charge in [-0.1, -0.05) is 11.2 Å². The summed E-state index contributed by atoms with van der Waals surface area (Å²) in [7, 11) is 0. The van der Waals surface area contributed by atoms with E-state index < -0.39 is 5.97 Å². The van der Waals surface area contributed by atoms with Crippen LogP contribution in [0, 0.1) is 6.92 Å². The third-order valence-corrected chi connectivity index (χ3v) is 3.17. The van der Waals surface area contributed by atoms with Crippen LogP contribution in [0.15, 0.2) is 27.5 Å². The van der Waals surface area contributed by atoms with Crippen LogP contribution in [0.3, 0.4) is 0 Å². The van der Waals surface area contributed by atoms with Gasteiger partial charge in [0.25, 0.3) is 0 Å². The molecule has 2 N–H and O–H groups in total. The minimum atomic E-state index is -1.08. The van der Waals surface area contributed by atoms with E-state index in [0.29, 0.717) is 35.7 Å². The quantitative estimate of drug-likeness (QED) is 0.739. The Morgan fingerprint density at radius 1 is 1.48 bits per heavy atom. The predicted molar refractivity (Wildman–Crippen MR) is 72.3 cm³/mol. The summed E-state index contributed by atoms with van der Waals surface area (Å²) in [5, 5.41) is 12.9. The van der Waals surface area contributed by atoms with Gasteiger partial charge in [0.15, 0.2) is 5.82 Å². The van der Waals surface area contributed by atoms with Gasteiger partial charge in [-0.3, -0.25) is 4.57 Å². The van der Waals surface area contributed by atoms with Crippen molar-refractivity contribution in [1.29, 1.82) is 0 Å². The van der Waals surface area contributed by atoms with E-state index in [2.05, 4.69) is 15.1 Å². The van der Waals surface area contributed by atoms with E-state index in [0.717, 1.165) is 0 Å². The van der Waals surface area contributed by atoms with Crippen LogP contribution in [0.25, 0.3) is 11.0 Å². The molecule has 0 fully saturated rings. The SMILES string of the molecule is Cc1nc(CCn2c(=O)[nH]c3c(C(=O)O)cccc32)no1. The topological polar surface area (TPSA) is 114 Å². The number of H-pyrrole nitrogens is 1. The number of carboxylic acids is 1. The van der Waals surface area contributed by atoms with Crippen molar-refractivity contribution in [2.75, 3.05) is 0 Å². The number of imidazole rings is 1. The van der Waals surface area contributed by atoms with Crippen LogP contribution in [0.2, 0.25) is 0 Å². The van der Waals surface area contributed by atoms with E-state index in [9.17, 15) is 9.59 Å². The van der Waals surface area contributed by atoms with Crippen molar-refractivity contribution in [2.45, 2.75) is 19.9 Å². The number of nitrogens with zero attached hydrogens (tertiary/aromatic N) is 3. The first-order valence-corrected chi connectivity index (χ1v) is 6.30. The van der Waals surface area contributed by atoms with Gasteiger partial charge in [0.1, 0.15) is 0 Å². The lowest BCUT2D eigenvalue weighted by Gasteiger charge is -2.01. The third-order valence-electron chi connectivity index (χ3n) is 3.17. The molecule has 108 valence electrons. The highest BCUT2D eigenvalue weighted by Crippen LogP contribution is 2.15. The Morgan fingerprint density at radius 2 is 2.29 bits per heavy atom. The van der Waals surface area contributed by atoms with E-state index in [1.807, 2.05) is 0 Å². The summed E-state index contributed by atoms with van der Waals surface area (Å²) in [6.45, 7) is 2.02. The molecule has 2 aromatic heterocycles. The van der Waals surface area contributed by atoms with Gasteiger partial charge in [-0.25, -0.2) is 9.59 Å². The van der Waals surface area contributed by atoms with E-state index >= 15 is 0 Å². The van der Waals surface area contributed by atoms with Crippen molar-refractivity contribution in [3.63, 3.8) is 0 Å². The second-order valence-electron chi connectivity index (χ2n) is 4.57. The lowest BCUT2D eigenvalue weighted by Crippen LogP contribution is -2.18. The highest BCUT2D eigenvalue weighted by atomic mass is 16.5. The number of carboxylic acid groups (broad SMARTS) is 1. The molecule has 0 spiro atoms. The first kappa shape index (κ1) is 13.1. The fourth-order valence-electron chi connectivity index (χ4n) is 2.24. The smallest absolute Gasteiger partial charge is 0.337 e. The summed E-state index contributed by atoms with van der Waals surface area (Å²) in [6, 6.07) is 4.75. The number of carbonyl (C=O) groups is 1. The zero-order valence-corrected chi connectivity index (χ0v) is 11.2. The number of aromatic amines is 1. The van der Waals surface area contributed by atoms with Crippen LogP contribution in [-0.4, -0.2) is 30.8 Å². The summed E-state index contributed by atoms with van der Waals surface area (Å²) in [4.78, 5) is 29.8. The molecule has 21 heavy (non-hydrogen) atoms. The number of aromatic carboxylic acids is 1. The number of rotatable bonds is 4. The fraction of sp³-hybridized carbons (Fsp3) is 0.231. The first-order valence-electron chi connectivity index (χ1n) is 6.30. The van der Waals surface area contributed by atoms with Crippen LogP contribution in [0.5, 0.6) is 0 Å². The Kier molecular flexibility index (Phi) is 3.05. The molecular weight excluding hydrogens is 276 g/mol. The number of hydrogen-bond acceptors (Lipinski definition) is 5. The van der Waals surface area contributed by atoms with Gasteiger partial charge >= 0.3 is 11.7 Å². The molecule has 0 saturated carbocycles. The molecule has 0 unspecified atom stereocenters. The molecule has 0 saturated heterocycles. The van der Waals surface area contributed by atoms with Gasteiger partial charge in [-0.2, -0.15) is 4.98 Å². The molecular formula is C13H12N4O4. The average molecular weight is 288 g/mol. The van der Waals surface area contributed by atoms with Gasteiger partial charge in [-0.05, 0) is 12.1 Å². The molecule has 3 aromatic rings. The Bertz CT molecular complexity index is 874.